The first-order chi connectivity index (χ1) is 14.3. The number of ether oxygens (including phenoxy) is 1. The summed E-state index contributed by atoms with van der Waals surface area (Å²) in [5.41, 5.74) is 2.14. The molecule has 5 rings (SSSR count). The van der Waals surface area contributed by atoms with Gasteiger partial charge in [0.25, 0.3) is 0 Å². The number of hydrogen-bond donors (Lipinski definition) is 1. The van der Waals surface area contributed by atoms with Gasteiger partial charge >= 0.3 is 0 Å². The van der Waals surface area contributed by atoms with Crippen molar-refractivity contribution in [1.29, 1.82) is 0 Å². The van der Waals surface area contributed by atoms with Crippen molar-refractivity contribution in [1.82, 2.24) is 19.9 Å². The smallest absolute Gasteiger partial charge is 0.183 e. The van der Waals surface area contributed by atoms with Crippen LogP contribution in [0.5, 0.6) is 0 Å². The van der Waals surface area contributed by atoms with Gasteiger partial charge in [0.2, 0.25) is 0 Å². The van der Waals surface area contributed by atoms with Crippen molar-refractivity contribution < 1.29 is 9.84 Å². The van der Waals surface area contributed by atoms with Crippen LogP contribution in [0.4, 0.5) is 5.82 Å². The molecule has 2 aliphatic rings. The van der Waals surface area contributed by atoms with E-state index in [4.69, 9.17) is 19.8 Å². The van der Waals surface area contributed by atoms with Gasteiger partial charge in [-0.15, -0.1) is 11.3 Å². The molecule has 0 radical (unpaired) electrons. The molecule has 0 saturated carbocycles. The SMILES string of the molecule is OCCOC1CCCN(c2nc(-c3cnccn3)nc3sc4c(c23)CCCC4)C1. The number of aliphatic hydroxyl groups is 1. The molecule has 1 N–H and O–H groups in total. The summed E-state index contributed by atoms with van der Waals surface area (Å²) in [5.74, 6) is 1.64. The highest BCUT2D eigenvalue weighted by molar-refractivity contribution is 7.19. The molecule has 3 aromatic heterocycles. The summed E-state index contributed by atoms with van der Waals surface area (Å²) in [6.45, 7) is 2.19. The van der Waals surface area contributed by atoms with Crippen molar-refractivity contribution in [2.75, 3.05) is 31.2 Å². The number of hydrogen-bond acceptors (Lipinski definition) is 8. The van der Waals surface area contributed by atoms with E-state index < -0.39 is 0 Å². The molecular weight excluding hydrogens is 386 g/mol. The van der Waals surface area contributed by atoms with Gasteiger partial charge in [-0.2, -0.15) is 0 Å². The van der Waals surface area contributed by atoms with Gasteiger partial charge in [-0.1, -0.05) is 0 Å². The zero-order valence-corrected chi connectivity index (χ0v) is 17.2. The molecule has 3 aromatic rings. The summed E-state index contributed by atoms with van der Waals surface area (Å²) >= 11 is 1.81. The van der Waals surface area contributed by atoms with Crippen LogP contribution in [-0.4, -0.2) is 57.4 Å². The van der Waals surface area contributed by atoms with Gasteiger partial charge in [-0.05, 0) is 44.1 Å². The lowest BCUT2D eigenvalue weighted by Crippen LogP contribution is -2.40. The number of fused-ring (bicyclic) bond motifs is 3. The fourth-order valence-corrected chi connectivity index (χ4v) is 5.64. The first-order valence-corrected chi connectivity index (χ1v) is 11.2. The summed E-state index contributed by atoms with van der Waals surface area (Å²) < 4.78 is 5.85. The molecule has 0 amide bonds. The minimum absolute atomic E-state index is 0.0586. The molecule has 4 heterocycles. The van der Waals surface area contributed by atoms with Crippen LogP contribution in [0.15, 0.2) is 18.6 Å². The third-order valence-corrected chi connectivity index (χ3v) is 6.90. The number of rotatable bonds is 5. The van der Waals surface area contributed by atoms with Gasteiger partial charge in [0.15, 0.2) is 5.82 Å². The van der Waals surface area contributed by atoms with Crippen LogP contribution < -0.4 is 4.90 Å². The van der Waals surface area contributed by atoms with Gasteiger partial charge < -0.3 is 14.7 Å². The fourth-order valence-electron chi connectivity index (χ4n) is 4.38. The second-order valence-corrected chi connectivity index (χ2v) is 8.74. The average Bonchev–Trinajstić information content (AvgIpc) is 3.16. The van der Waals surface area contributed by atoms with Gasteiger partial charge in [-0.25, -0.2) is 15.0 Å². The van der Waals surface area contributed by atoms with E-state index in [1.165, 1.54) is 28.7 Å². The summed E-state index contributed by atoms with van der Waals surface area (Å²) in [6, 6.07) is 0. The number of nitrogens with zero attached hydrogens (tertiary/aromatic N) is 5. The van der Waals surface area contributed by atoms with E-state index in [2.05, 4.69) is 14.9 Å². The number of aromatic nitrogens is 4. The van der Waals surface area contributed by atoms with E-state index in [9.17, 15) is 0 Å². The average molecular weight is 412 g/mol. The molecule has 1 atom stereocenters. The van der Waals surface area contributed by atoms with Crippen molar-refractivity contribution in [3.63, 3.8) is 0 Å². The second-order valence-electron chi connectivity index (χ2n) is 7.66. The standard InChI is InChI=1S/C21H25N5O2S/c27-10-11-28-14-4-3-9-26(13-14)20-18-15-5-1-2-6-17(15)29-21(18)25-19(24-20)16-12-22-7-8-23-16/h7-8,12,14,27H,1-6,9-11,13H2. The Hall–Kier alpha value is -2.16. The maximum atomic E-state index is 9.12. The lowest BCUT2D eigenvalue weighted by Gasteiger charge is -2.34. The van der Waals surface area contributed by atoms with Gasteiger partial charge in [0.05, 0.1) is 30.9 Å². The van der Waals surface area contributed by atoms with E-state index >= 15 is 0 Å². The minimum atomic E-state index is 0.0586. The molecule has 152 valence electrons. The molecular formula is C21H25N5O2S. The molecule has 1 fully saturated rings. The van der Waals surface area contributed by atoms with E-state index in [1.54, 1.807) is 18.6 Å². The summed E-state index contributed by atoms with van der Waals surface area (Å²) in [4.78, 5) is 23.4. The second kappa shape index (κ2) is 8.30. The molecule has 0 spiro atoms. The monoisotopic (exact) mass is 411 g/mol. The van der Waals surface area contributed by atoms with Crippen LogP contribution in [0, 0.1) is 0 Å². The quantitative estimate of drug-likeness (QED) is 0.691. The van der Waals surface area contributed by atoms with Crippen LogP contribution in [0.2, 0.25) is 0 Å². The van der Waals surface area contributed by atoms with Crippen molar-refractivity contribution in [3.05, 3.63) is 29.0 Å². The third-order valence-electron chi connectivity index (χ3n) is 5.71. The molecule has 0 bridgehead atoms. The van der Waals surface area contributed by atoms with Crippen LogP contribution in [0.1, 0.15) is 36.1 Å². The molecule has 29 heavy (non-hydrogen) atoms. The maximum absolute atomic E-state index is 9.12. The summed E-state index contributed by atoms with van der Waals surface area (Å²) in [5, 5.41) is 10.3. The van der Waals surface area contributed by atoms with Crippen molar-refractivity contribution in [3.8, 4) is 11.5 Å². The Kier molecular flexibility index (Phi) is 5.39. The normalized spacial score (nSPS) is 19.5. The lowest BCUT2D eigenvalue weighted by atomic mass is 9.96. The maximum Gasteiger partial charge on any atom is 0.183 e. The molecule has 0 aromatic carbocycles. The Bertz CT molecular complexity index is 994. The Balaban J connectivity index is 1.60. The van der Waals surface area contributed by atoms with Crippen molar-refractivity contribution in [2.24, 2.45) is 0 Å². The van der Waals surface area contributed by atoms with Gasteiger partial charge in [0, 0.05) is 30.4 Å². The highest BCUT2D eigenvalue weighted by Gasteiger charge is 2.28. The van der Waals surface area contributed by atoms with E-state index in [-0.39, 0.29) is 12.7 Å². The van der Waals surface area contributed by atoms with E-state index in [0.29, 0.717) is 18.1 Å². The van der Waals surface area contributed by atoms with Crippen LogP contribution >= 0.6 is 11.3 Å². The largest absolute Gasteiger partial charge is 0.394 e. The highest BCUT2D eigenvalue weighted by atomic mass is 32.1. The topological polar surface area (TPSA) is 84.3 Å². The number of aryl methyl sites for hydroxylation is 2. The van der Waals surface area contributed by atoms with Crippen molar-refractivity contribution >= 4 is 27.4 Å². The molecule has 7 nitrogen and oxygen atoms in total. The van der Waals surface area contributed by atoms with E-state index in [0.717, 1.165) is 49.4 Å². The summed E-state index contributed by atoms with van der Waals surface area (Å²) in [6.07, 6.45) is 12.0. The van der Waals surface area contributed by atoms with Gasteiger partial charge in [-0.3, -0.25) is 4.98 Å². The lowest BCUT2D eigenvalue weighted by molar-refractivity contribution is 0.0214. The summed E-state index contributed by atoms with van der Waals surface area (Å²) in [7, 11) is 0. The number of thiophene rings is 1. The number of anilines is 1. The highest BCUT2D eigenvalue weighted by Crippen LogP contribution is 2.41. The van der Waals surface area contributed by atoms with E-state index in [1.807, 2.05) is 11.3 Å². The van der Waals surface area contributed by atoms with Crippen LogP contribution in [-0.2, 0) is 17.6 Å². The minimum Gasteiger partial charge on any atom is -0.394 e. The Labute approximate surface area is 173 Å². The number of aliphatic hydroxyl groups excluding tert-OH is 1. The van der Waals surface area contributed by atoms with Gasteiger partial charge in [0.1, 0.15) is 16.3 Å². The Morgan fingerprint density at radius 1 is 1.17 bits per heavy atom. The predicted octanol–water partition coefficient (Wildman–Crippen LogP) is 3.00. The zero-order chi connectivity index (χ0) is 19.6. The third kappa shape index (κ3) is 3.72. The Morgan fingerprint density at radius 2 is 2.10 bits per heavy atom. The first-order valence-electron chi connectivity index (χ1n) is 10.4. The fraction of sp³-hybridized carbons (Fsp3) is 0.524. The zero-order valence-electron chi connectivity index (χ0n) is 16.4. The Morgan fingerprint density at radius 3 is 2.97 bits per heavy atom. The number of piperidine rings is 1. The molecule has 1 unspecified atom stereocenters. The molecule has 1 aliphatic heterocycles. The predicted molar refractivity (Wildman–Crippen MR) is 113 cm³/mol. The van der Waals surface area contributed by atoms with Crippen molar-refractivity contribution in [2.45, 2.75) is 44.6 Å². The van der Waals surface area contributed by atoms with Crippen LogP contribution in [0.3, 0.4) is 0 Å². The molecule has 1 saturated heterocycles. The first kappa shape index (κ1) is 18.8. The molecule has 8 heteroatoms. The van der Waals surface area contributed by atoms with Crippen LogP contribution in [0.25, 0.3) is 21.7 Å². The molecule has 1 aliphatic carbocycles.